The number of ether oxygens (including phenoxy) is 3. The first-order chi connectivity index (χ1) is 12.9. The number of esters is 3. The van der Waals surface area contributed by atoms with E-state index in [0.29, 0.717) is 11.1 Å². The first kappa shape index (κ1) is 17.5. The Morgan fingerprint density at radius 1 is 1.30 bits per heavy atom. The van der Waals surface area contributed by atoms with Gasteiger partial charge in [0.2, 0.25) is 0 Å². The number of ketones is 1. The van der Waals surface area contributed by atoms with Crippen LogP contribution in [0.2, 0.25) is 0 Å². The van der Waals surface area contributed by atoms with Crippen molar-refractivity contribution in [3.05, 3.63) is 35.3 Å². The summed E-state index contributed by atoms with van der Waals surface area (Å²) in [5.41, 5.74) is -0.00983. The number of carbonyl (C=O) groups is 4. The van der Waals surface area contributed by atoms with Gasteiger partial charge in [0.1, 0.15) is 24.2 Å². The van der Waals surface area contributed by atoms with Crippen molar-refractivity contribution in [1.82, 2.24) is 0 Å². The van der Waals surface area contributed by atoms with Gasteiger partial charge in [-0.15, -0.1) is 0 Å². The van der Waals surface area contributed by atoms with E-state index in [-0.39, 0.29) is 43.6 Å². The largest absolute Gasteiger partial charge is 0.472 e. The maximum atomic E-state index is 13.0. The van der Waals surface area contributed by atoms with Gasteiger partial charge in [0.15, 0.2) is 5.78 Å². The topological polar surface area (TPSA) is 109 Å². The number of cyclic esters (lactones) is 2. The monoisotopic (exact) mass is 374 g/mol. The Labute approximate surface area is 154 Å². The van der Waals surface area contributed by atoms with Gasteiger partial charge in [0.05, 0.1) is 12.5 Å². The zero-order chi connectivity index (χ0) is 19.2. The lowest BCUT2D eigenvalue weighted by atomic mass is 9.71. The maximum Gasteiger partial charge on any atom is 0.334 e. The number of Topliss-reactive ketones (excluding diaryl/α,β-unsaturated/α-hetero) is 1. The average Bonchev–Trinajstić information content (AvgIpc) is 3.32. The van der Waals surface area contributed by atoms with Gasteiger partial charge in [-0.2, -0.15) is 0 Å². The molecular weight excluding hydrogens is 356 g/mol. The van der Waals surface area contributed by atoms with E-state index < -0.39 is 35.5 Å². The van der Waals surface area contributed by atoms with Crippen LogP contribution in [0.3, 0.4) is 0 Å². The van der Waals surface area contributed by atoms with Gasteiger partial charge in [0, 0.05) is 42.9 Å². The first-order valence-electron chi connectivity index (χ1n) is 8.73. The summed E-state index contributed by atoms with van der Waals surface area (Å²) in [6, 6.07) is 1.68. The normalized spacial score (nSPS) is 30.6. The van der Waals surface area contributed by atoms with E-state index in [1.54, 1.807) is 6.07 Å². The summed E-state index contributed by atoms with van der Waals surface area (Å²) < 4.78 is 20.9. The quantitative estimate of drug-likeness (QED) is 0.438. The molecule has 1 saturated heterocycles. The Morgan fingerprint density at radius 2 is 2.11 bits per heavy atom. The Morgan fingerprint density at radius 3 is 2.81 bits per heavy atom. The molecule has 1 aromatic heterocycles. The summed E-state index contributed by atoms with van der Waals surface area (Å²) in [6.07, 6.45) is 1.88. The van der Waals surface area contributed by atoms with Gasteiger partial charge in [-0.1, -0.05) is 0 Å². The molecule has 27 heavy (non-hydrogen) atoms. The Bertz CT molecular complexity index is 849. The highest BCUT2D eigenvalue weighted by Crippen LogP contribution is 2.49. The lowest BCUT2D eigenvalue weighted by Crippen LogP contribution is -2.39. The smallest absolute Gasteiger partial charge is 0.334 e. The minimum atomic E-state index is -1.44. The van der Waals surface area contributed by atoms with Gasteiger partial charge >= 0.3 is 17.9 Å². The van der Waals surface area contributed by atoms with Gasteiger partial charge in [-0.05, 0) is 12.5 Å². The number of furan rings is 1. The van der Waals surface area contributed by atoms with Crippen LogP contribution in [0.25, 0.3) is 0 Å². The molecule has 8 nitrogen and oxygen atoms in total. The fraction of sp³-hybridized carbons (Fsp3) is 0.474. The fourth-order valence-corrected chi connectivity index (χ4v) is 4.03. The summed E-state index contributed by atoms with van der Waals surface area (Å²) >= 11 is 0. The molecule has 4 rings (SSSR count). The molecule has 3 atom stereocenters. The average molecular weight is 374 g/mol. The van der Waals surface area contributed by atoms with Crippen molar-refractivity contribution in [2.75, 3.05) is 6.61 Å². The van der Waals surface area contributed by atoms with E-state index in [4.69, 9.17) is 18.6 Å². The predicted octanol–water partition coefficient (Wildman–Crippen LogP) is 1.79. The van der Waals surface area contributed by atoms with E-state index >= 15 is 0 Å². The van der Waals surface area contributed by atoms with E-state index in [9.17, 15) is 19.2 Å². The Hall–Kier alpha value is -2.90. The van der Waals surface area contributed by atoms with Gasteiger partial charge in [0.25, 0.3) is 0 Å². The number of hydrogen-bond acceptors (Lipinski definition) is 8. The van der Waals surface area contributed by atoms with E-state index in [2.05, 4.69) is 0 Å². The molecule has 0 saturated carbocycles. The van der Waals surface area contributed by atoms with Crippen molar-refractivity contribution < 1.29 is 37.8 Å². The molecule has 1 fully saturated rings. The van der Waals surface area contributed by atoms with Crippen molar-refractivity contribution in [2.45, 2.75) is 44.8 Å². The molecule has 1 aliphatic carbocycles. The van der Waals surface area contributed by atoms with Crippen molar-refractivity contribution >= 4 is 23.7 Å². The number of rotatable bonds is 2. The summed E-state index contributed by atoms with van der Waals surface area (Å²) in [4.78, 5) is 49.4. The fourth-order valence-electron chi connectivity index (χ4n) is 4.03. The second-order valence-corrected chi connectivity index (χ2v) is 7.05. The lowest BCUT2D eigenvalue weighted by Gasteiger charge is -2.28. The molecule has 8 heteroatoms. The van der Waals surface area contributed by atoms with Crippen LogP contribution in [-0.4, -0.2) is 36.4 Å². The van der Waals surface area contributed by atoms with Crippen molar-refractivity contribution in [3.8, 4) is 0 Å². The molecule has 3 aliphatic rings. The van der Waals surface area contributed by atoms with Gasteiger partial charge in [-0.3, -0.25) is 14.4 Å². The molecule has 0 bridgehead atoms. The van der Waals surface area contributed by atoms with Crippen molar-refractivity contribution in [3.63, 3.8) is 0 Å². The SMILES string of the molecule is CC(=O)O[C@H]1CCC(=O)[C@@]2(CC3=C1COC3=O)C[C@@H](c1ccoc1)OC2=O. The van der Waals surface area contributed by atoms with E-state index in [1.807, 2.05) is 0 Å². The highest BCUT2D eigenvalue weighted by Gasteiger charge is 2.57. The third-order valence-corrected chi connectivity index (χ3v) is 5.42. The van der Waals surface area contributed by atoms with Crippen LogP contribution in [-0.2, 0) is 33.4 Å². The molecule has 0 amide bonds. The van der Waals surface area contributed by atoms with Gasteiger partial charge in [-0.25, -0.2) is 4.79 Å². The molecule has 0 radical (unpaired) electrons. The van der Waals surface area contributed by atoms with Crippen LogP contribution in [0.4, 0.5) is 0 Å². The highest BCUT2D eigenvalue weighted by atomic mass is 16.6. The molecular formula is C19H18O8. The summed E-state index contributed by atoms with van der Waals surface area (Å²) in [7, 11) is 0. The summed E-state index contributed by atoms with van der Waals surface area (Å²) in [5, 5.41) is 0. The van der Waals surface area contributed by atoms with Crippen LogP contribution >= 0.6 is 0 Å². The molecule has 0 N–H and O–H groups in total. The third kappa shape index (κ3) is 2.85. The number of hydrogen-bond donors (Lipinski definition) is 0. The third-order valence-electron chi connectivity index (χ3n) is 5.42. The number of carbonyl (C=O) groups excluding carboxylic acids is 4. The van der Waals surface area contributed by atoms with Crippen LogP contribution in [0, 0.1) is 5.41 Å². The maximum absolute atomic E-state index is 13.0. The molecule has 3 heterocycles. The summed E-state index contributed by atoms with van der Waals surface area (Å²) in [6.45, 7) is 1.26. The highest BCUT2D eigenvalue weighted by molar-refractivity contribution is 6.07. The Balaban J connectivity index is 1.72. The minimum Gasteiger partial charge on any atom is -0.472 e. The zero-order valence-electron chi connectivity index (χ0n) is 14.7. The summed E-state index contributed by atoms with van der Waals surface area (Å²) in [5.74, 6) is -2.05. The second-order valence-electron chi connectivity index (χ2n) is 7.05. The van der Waals surface area contributed by atoms with Crippen LogP contribution in [0.1, 0.15) is 44.3 Å². The van der Waals surface area contributed by atoms with Crippen LogP contribution in [0.5, 0.6) is 0 Å². The van der Waals surface area contributed by atoms with E-state index in [1.165, 1.54) is 19.5 Å². The molecule has 142 valence electrons. The van der Waals surface area contributed by atoms with Crippen molar-refractivity contribution in [1.29, 1.82) is 0 Å². The lowest BCUT2D eigenvalue weighted by molar-refractivity contribution is -0.154. The minimum absolute atomic E-state index is 0.00338. The predicted molar refractivity (Wildman–Crippen MR) is 87.0 cm³/mol. The second kappa shape index (κ2) is 6.37. The molecule has 0 unspecified atom stereocenters. The van der Waals surface area contributed by atoms with Crippen LogP contribution in [0.15, 0.2) is 34.2 Å². The molecule has 1 spiro atoms. The standard InChI is InChI=1S/C19H18O8/c1-10(20)26-14-2-3-16(21)19(6-12-13(14)9-25-17(12)22)7-15(27-18(19)23)11-4-5-24-8-11/h4-5,8,14-15H,2-3,6-7,9H2,1H3/t14-,15-,19+/m0/s1. The Kier molecular flexibility index (Phi) is 4.13. The van der Waals surface area contributed by atoms with Crippen molar-refractivity contribution in [2.24, 2.45) is 5.41 Å². The zero-order valence-corrected chi connectivity index (χ0v) is 14.7. The van der Waals surface area contributed by atoms with Gasteiger partial charge < -0.3 is 18.6 Å². The first-order valence-corrected chi connectivity index (χ1v) is 8.73. The molecule has 1 aromatic rings. The van der Waals surface area contributed by atoms with E-state index in [0.717, 1.165) is 0 Å². The molecule has 2 aliphatic heterocycles. The molecule has 0 aromatic carbocycles. The van der Waals surface area contributed by atoms with Crippen LogP contribution < -0.4 is 0 Å².